The minimum atomic E-state index is -0.494. The van der Waals surface area contributed by atoms with Crippen molar-refractivity contribution in [3.63, 3.8) is 0 Å². The molecule has 0 unspecified atom stereocenters. The Balaban J connectivity index is 1.66. The maximum atomic E-state index is 13.3. The largest absolute Gasteiger partial charge is 0.372 e. The van der Waals surface area contributed by atoms with E-state index in [2.05, 4.69) is 40.0 Å². The minimum Gasteiger partial charge on any atom is -0.372 e. The molecule has 0 saturated carbocycles. The molecule has 3 aromatic rings. The van der Waals surface area contributed by atoms with Crippen LogP contribution in [-0.4, -0.2) is 46.2 Å². The van der Waals surface area contributed by atoms with Crippen LogP contribution in [0.5, 0.6) is 0 Å². The van der Waals surface area contributed by atoms with Gasteiger partial charge in [-0.1, -0.05) is 18.3 Å². The summed E-state index contributed by atoms with van der Waals surface area (Å²) in [7, 11) is 0. The maximum absolute atomic E-state index is 13.3. The summed E-state index contributed by atoms with van der Waals surface area (Å²) in [5.74, 6) is -0.329. The topological polar surface area (TPSA) is 92.5 Å². The van der Waals surface area contributed by atoms with Crippen molar-refractivity contribution >= 4 is 44.1 Å². The Hall–Kier alpha value is -3.14. The number of carbonyl (C=O) groups excluding carboxylic acids is 1. The van der Waals surface area contributed by atoms with Crippen LogP contribution in [0.25, 0.3) is 10.3 Å². The van der Waals surface area contributed by atoms with Crippen LogP contribution in [-0.2, 0) is 17.9 Å². The SMILES string of the molecule is CCCn1c(=O)c2sc(N3CCCC3)nc2n(CC(=O)Nc2ccc(N(CC)CC)cc2C)c1=O. The molecule has 1 fully saturated rings. The molecule has 1 aliphatic heterocycles. The molecular weight excluding hydrogens is 464 g/mol. The molecule has 3 heterocycles. The second-order valence-corrected chi connectivity index (χ2v) is 9.87. The van der Waals surface area contributed by atoms with E-state index < -0.39 is 5.69 Å². The number of anilines is 3. The summed E-state index contributed by atoms with van der Waals surface area (Å²) < 4.78 is 3.00. The van der Waals surface area contributed by atoms with Gasteiger partial charge in [0.1, 0.15) is 11.2 Å². The predicted molar refractivity (Wildman–Crippen MR) is 143 cm³/mol. The Labute approximate surface area is 209 Å². The molecule has 0 atom stereocenters. The van der Waals surface area contributed by atoms with Crippen LogP contribution in [0.3, 0.4) is 0 Å². The van der Waals surface area contributed by atoms with Gasteiger partial charge >= 0.3 is 5.69 Å². The molecule has 1 N–H and O–H groups in total. The van der Waals surface area contributed by atoms with Crippen LogP contribution >= 0.6 is 11.3 Å². The molecule has 1 aliphatic rings. The van der Waals surface area contributed by atoms with Crippen molar-refractivity contribution in [1.29, 1.82) is 0 Å². The van der Waals surface area contributed by atoms with Gasteiger partial charge in [-0.2, -0.15) is 0 Å². The molecule has 0 spiro atoms. The van der Waals surface area contributed by atoms with Gasteiger partial charge in [0.2, 0.25) is 5.91 Å². The summed E-state index contributed by atoms with van der Waals surface area (Å²) in [4.78, 5) is 48.4. The Kier molecular flexibility index (Phi) is 7.59. The van der Waals surface area contributed by atoms with Crippen LogP contribution < -0.4 is 26.4 Å². The number of rotatable bonds is 9. The quantitative estimate of drug-likeness (QED) is 0.486. The van der Waals surface area contributed by atoms with E-state index in [-0.39, 0.29) is 18.0 Å². The number of aryl methyl sites for hydroxylation is 1. The first-order valence-electron chi connectivity index (χ1n) is 12.4. The number of benzene rings is 1. The molecule has 1 aromatic carbocycles. The van der Waals surface area contributed by atoms with Gasteiger partial charge in [0, 0.05) is 44.1 Å². The van der Waals surface area contributed by atoms with Gasteiger partial charge in [0.25, 0.3) is 5.56 Å². The zero-order chi connectivity index (χ0) is 25.1. The normalized spacial score (nSPS) is 13.5. The molecule has 10 heteroatoms. The number of amides is 1. The Morgan fingerprint density at radius 3 is 2.46 bits per heavy atom. The minimum absolute atomic E-state index is 0.209. The molecular formula is C25H34N6O3S. The number of aromatic nitrogens is 3. The first-order valence-corrected chi connectivity index (χ1v) is 13.2. The highest BCUT2D eigenvalue weighted by Gasteiger charge is 2.23. The average molecular weight is 499 g/mol. The van der Waals surface area contributed by atoms with Gasteiger partial charge in [-0.3, -0.25) is 18.7 Å². The number of nitrogens with one attached hydrogen (secondary N) is 1. The van der Waals surface area contributed by atoms with Crippen LogP contribution in [0.15, 0.2) is 27.8 Å². The van der Waals surface area contributed by atoms with Gasteiger partial charge in [-0.15, -0.1) is 0 Å². The number of carbonyl (C=O) groups is 1. The summed E-state index contributed by atoms with van der Waals surface area (Å²) in [6.45, 7) is 11.8. The van der Waals surface area contributed by atoms with E-state index in [0.717, 1.165) is 55.4 Å². The number of hydrogen-bond acceptors (Lipinski definition) is 7. The fourth-order valence-corrected chi connectivity index (χ4v) is 5.65. The third-order valence-electron chi connectivity index (χ3n) is 6.49. The zero-order valence-corrected chi connectivity index (χ0v) is 21.8. The maximum Gasteiger partial charge on any atom is 0.333 e. The first-order chi connectivity index (χ1) is 16.9. The van der Waals surface area contributed by atoms with E-state index in [4.69, 9.17) is 0 Å². The van der Waals surface area contributed by atoms with Crippen molar-refractivity contribution in [3.05, 3.63) is 44.6 Å². The van der Waals surface area contributed by atoms with Crippen molar-refractivity contribution < 1.29 is 4.79 Å². The van der Waals surface area contributed by atoms with E-state index >= 15 is 0 Å². The van der Waals surface area contributed by atoms with Crippen LogP contribution in [0.1, 0.15) is 45.6 Å². The second kappa shape index (κ2) is 10.6. The lowest BCUT2D eigenvalue weighted by atomic mass is 10.1. The fraction of sp³-hybridized carbons (Fsp3) is 0.520. The zero-order valence-electron chi connectivity index (χ0n) is 21.0. The molecule has 0 aliphatic carbocycles. The Morgan fingerprint density at radius 2 is 1.83 bits per heavy atom. The summed E-state index contributed by atoms with van der Waals surface area (Å²) in [5, 5.41) is 3.68. The van der Waals surface area contributed by atoms with Gasteiger partial charge in [-0.25, -0.2) is 9.78 Å². The third kappa shape index (κ3) is 4.98. The second-order valence-electron chi connectivity index (χ2n) is 8.89. The van der Waals surface area contributed by atoms with Crippen molar-refractivity contribution in [1.82, 2.24) is 14.1 Å². The average Bonchev–Trinajstić information content (AvgIpc) is 3.52. The molecule has 1 amide bonds. The van der Waals surface area contributed by atoms with Crippen LogP contribution in [0, 0.1) is 6.92 Å². The Bertz CT molecular complexity index is 1330. The molecule has 1 saturated heterocycles. The highest BCUT2D eigenvalue weighted by molar-refractivity contribution is 7.22. The van der Waals surface area contributed by atoms with Crippen LogP contribution in [0.4, 0.5) is 16.5 Å². The predicted octanol–water partition coefficient (Wildman–Crippen LogP) is 3.42. The van der Waals surface area contributed by atoms with Gasteiger partial charge < -0.3 is 15.1 Å². The van der Waals surface area contributed by atoms with Crippen molar-refractivity contribution in [2.75, 3.05) is 41.3 Å². The molecule has 4 rings (SSSR count). The summed E-state index contributed by atoms with van der Waals surface area (Å²) in [5.41, 5.74) is 2.23. The standard InChI is InChI=1S/C25H34N6O3S/c1-5-12-30-23(33)21-22(27-24(35-21)29-13-8-9-14-29)31(25(30)34)16-20(32)26-19-11-10-18(15-17(19)4)28(6-2)7-3/h10-11,15H,5-9,12-14,16H2,1-4H3,(H,26,32). The molecule has 35 heavy (non-hydrogen) atoms. The highest BCUT2D eigenvalue weighted by atomic mass is 32.1. The number of hydrogen-bond donors (Lipinski definition) is 1. The van der Waals surface area contributed by atoms with E-state index in [1.165, 1.54) is 20.5 Å². The van der Waals surface area contributed by atoms with E-state index in [1.807, 2.05) is 26.0 Å². The lowest BCUT2D eigenvalue weighted by Gasteiger charge is -2.22. The van der Waals surface area contributed by atoms with Crippen molar-refractivity contribution in [2.24, 2.45) is 0 Å². The Morgan fingerprint density at radius 1 is 1.11 bits per heavy atom. The smallest absolute Gasteiger partial charge is 0.333 e. The molecule has 0 radical (unpaired) electrons. The van der Waals surface area contributed by atoms with Crippen molar-refractivity contribution in [2.45, 2.75) is 60.0 Å². The summed E-state index contributed by atoms with van der Waals surface area (Å²) in [6, 6.07) is 5.94. The van der Waals surface area contributed by atoms with E-state index in [1.54, 1.807) is 0 Å². The summed E-state index contributed by atoms with van der Waals surface area (Å²) in [6.07, 6.45) is 2.80. The number of nitrogens with zero attached hydrogens (tertiary/aromatic N) is 5. The monoisotopic (exact) mass is 498 g/mol. The highest BCUT2D eigenvalue weighted by Crippen LogP contribution is 2.28. The first kappa shape index (κ1) is 25.0. The third-order valence-corrected chi connectivity index (χ3v) is 7.59. The van der Waals surface area contributed by atoms with Crippen LogP contribution in [0.2, 0.25) is 0 Å². The lowest BCUT2D eigenvalue weighted by Crippen LogP contribution is -2.41. The molecule has 9 nitrogen and oxygen atoms in total. The fourth-order valence-electron chi connectivity index (χ4n) is 4.58. The van der Waals surface area contributed by atoms with Gasteiger partial charge in [0.05, 0.1) is 0 Å². The summed E-state index contributed by atoms with van der Waals surface area (Å²) >= 11 is 1.31. The molecule has 0 bridgehead atoms. The van der Waals surface area contributed by atoms with E-state index in [0.29, 0.717) is 29.0 Å². The molecule has 2 aromatic heterocycles. The van der Waals surface area contributed by atoms with Gasteiger partial charge in [-0.05, 0) is 63.8 Å². The number of thiazole rings is 1. The van der Waals surface area contributed by atoms with Gasteiger partial charge in [0.15, 0.2) is 10.8 Å². The van der Waals surface area contributed by atoms with E-state index in [9.17, 15) is 14.4 Å². The lowest BCUT2D eigenvalue weighted by molar-refractivity contribution is -0.116. The molecule has 188 valence electrons. The number of fused-ring (bicyclic) bond motifs is 1. The van der Waals surface area contributed by atoms with Crippen molar-refractivity contribution in [3.8, 4) is 0 Å².